The van der Waals surface area contributed by atoms with Gasteiger partial charge in [-0.05, 0) is 73.9 Å². The average molecular weight is 453 g/mol. The molecule has 0 aliphatic rings. The van der Waals surface area contributed by atoms with Crippen LogP contribution in [-0.2, 0) is 10.0 Å². The third kappa shape index (κ3) is 6.11. The molecule has 0 radical (unpaired) electrons. The Bertz CT molecular complexity index is 1200. The Balaban J connectivity index is 1.69. The van der Waals surface area contributed by atoms with Crippen LogP contribution >= 0.6 is 0 Å². The molecule has 0 aliphatic heterocycles. The Hall–Kier alpha value is -3.32. The summed E-state index contributed by atoms with van der Waals surface area (Å²) < 4.78 is 33.7. The van der Waals surface area contributed by atoms with Gasteiger partial charge in [-0.2, -0.15) is 0 Å². The van der Waals surface area contributed by atoms with Gasteiger partial charge in [0.05, 0.1) is 17.2 Å². The fourth-order valence-corrected chi connectivity index (χ4v) is 4.17. The molecule has 6 nitrogen and oxygen atoms in total. The fourth-order valence-electron chi connectivity index (χ4n) is 3.04. The summed E-state index contributed by atoms with van der Waals surface area (Å²) >= 11 is 0. The molecular formula is C25H28N2O4S. The molecule has 3 rings (SSSR count). The number of carbonyl (C=O) groups excluding carboxylic acids is 1. The van der Waals surface area contributed by atoms with Crippen molar-refractivity contribution in [1.82, 2.24) is 0 Å². The van der Waals surface area contributed by atoms with Gasteiger partial charge >= 0.3 is 0 Å². The number of hydrogen-bond acceptors (Lipinski definition) is 4. The maximum atomic E-state index is 12.7. The molecule has 3 aromatic rings. The van der Waals surface area contributed by atoms with E-state index in [9.17, 15) is 13.2 Å². The van der Waals surface area contributed by atoms with E-state index in [0.29, 0.717) is 35.2 Å². The first-order valence-electron chi connectivity index (χ1n) is 10.4. The van der Waals surface area contributed by atoms with Crippen molar-refractivity contribution in [3.8, 4) is 5.75 Å². The van der Waals surface area contributed by atoms with Crippen LogP contribution < -0.4 is 14.8 Å². The average Bonchev–Trinajstić information content (AvgIpc) is 2.75. The van der Waals surface area contributed by atoms with E-state index in [1.807, 2.05) is 32.0 Å². The van der Waals surface area contributed by atoms with Crippen LogP contribution in [0, 0.1) is 19.8 Å². The van der Waals surface area contributed by atoms with Gasteiger partial charge in [-0.3, -0.25) is 9.52 Å². The number of anilines is 2. The molecule has 0 saturated carbocycles. The first-order chi connectivity index (χ1) is 15.1. The van der Waals surface area contributed by atoms with Crippen molar-refractivity contribution in [2.45, 2.75) is 32.6 Å². The zero-order valence-electron chi connectivity index (χ0n) is 18.7. The largest absolute Gasteiger partial charge is 0.493 e. The minimum Gasteiger partial charge on any atom is -0.493 e. The van der Waals surface area contributed by atoms with Crippen LogP contribution in [-0.4, -0.2) is 20.9 Å². The standard InChI is InChI=1S/C25H28N2O4S/c1-17(2)16-31-22-7-5-6-20(15-22)25(28)26-21-9-11-23(12-10-21)32(29,30)27-24-13-8-18(3)14-19(24)4/h5-15,17,27H,16H2,1-4H3,(H,26,28). The van der Waals surface area contributed by atoms with Gasteiger partial charge in [0.15, 0.2) is 0 Å². The summed E-state index contributed by atoms with van der Waals surface area (Å²) in [5.41, 5.74) is 3.39. The summed E-state index contributed by atoms with van der Waals surface area (Å²) in [6, 6.07) is 18.5. The predicted octanol–water partition coefficient (Wildman–Crippen LogP) is 5.39. The van der Waals surface area contributed by atoms with Crippen molar-refractivity contribution < 1.29 is 17.9 Å². The molecule has 0 saturated heterocycles. The summed E-state index contributed by atoms with van der Waals surface area (Å²) in [7, 11) is -3.74. The highest BCUT2D eigenvalue weighted by Gasteiger charge is 2.16. The van der Waals surface area contributed by atoms with Crippen LogP contribution in [0.4, 0.5) is 11.4 Å². The van der Waals surface area contributed by atoms with Crippen LogP contribution in [0.25, 0.3) is 0 Å². The molecule has 0 unspecified atom stereocenters. The number of benzene rings is 3. The van der Waals surface area contributed by atoms with E-state index in [0.717, 1.165) is 11.1 Å². The van der Waals surface area contributed by atoms with E-state index in [4.69, 9.17) is 4.74 Å². The smallest absolute Gasteiger partial charge is 0.261 e. The zero-order valence-corrected chi connectivity index (χ0v) is 19.5. The number of nitrogens with one attached hydrogen (secondary N) is 2. The first-order valence-corrected chi connectivity index (χ1v) is 11.9. The highest BCUT2D eigenvalue weighted by Crippen LogP contribution is 2.22. The maximum absolute atomic E-state index is 12.7. The van der Waals surface area contributed by atoms with Crippen molar-refractivity contribution in [1.29, 1.82) is 0 Å². The molecule has 0 aromatic heterocycles. The summed E-state index contributed by atoms with van der Waals surface area (Å²) in [5.74, 6) is 0.709. The van der Waals surface area contributed by atoms with Crippen LogP contribution in [0.1, 0.15) is 35.3 Å². The second-order valence-corrected chi connectivity index (χ2v) is 9.82. The van der Waals surface area contributed by atoms with E-state index >= 15 is 0 Å². The summed E-state index contributed by atoms with van der Waals surface area (Å²) in [6.07, 6.45) is 0. The lowest BCUT2D eigenvalue weighted by atomic mass is 10.1. The highest BCUT2D eigenvalue weighted by molar-refractivity contribution is 7.92. The van der Waals surface area contributed by atoms with Crippen LogP contribution in [0.15, 0.2) is 71.6 Å². The van der Waals surface area contributed by atoms with Gasteiger partial charge in [0.1, 0.15) is 5.75 Å². The molecule has 32 heavy (non-hydrogen) atoms. The fraction of sp³-hybridized carbons (Fsp3) is 0.240. The lowest BCUT2D eigenvalue weighted by molar-refractivity contribution is 0.102. The highest BCUT2D eigenvalue weighted by atomic mass is 32.2. The molecule has 0 atom stereocenters. The van der Waals surface area contributed by atoms with Crippen molar-refractivity contribution in [2.24, 2.45) is 5.92 Å². The molecule has 0 heterocycles. The van der Waals surface area contributed by atoms with Crippen LogP contribution in [0.2, 0.25) is 0 Å². The number of amides is 1. The van der Waals surface area contributed by atoms with E-state index in [1.165, 1.54) is 12.1 Å². The molecule has 0 aliphatic carbocycles. The summed E-state index contributed by atoms with van der Waals surface area (Å²) in [4.78, 5) is 12.7. The second kappa shape index (κ2) is 9.87. The van der Waals surface area contributed by atoms with Gasteiger partial charge in [-0.25, -0.2) is 8.42 Å². The van der Waals surface area contributed by atoms with Gasteiger partial charge in [-0.15, -0.1) is 0 Å². The quantitative estimate of drug-likeness (QED) is 0.480. The SMILES string of the molecule is Cc1ccc(NS(=O)(=O)c2ccc(NC(=O)c3cccc(OCC(C)C)c3)cc2)c(C)c1. The molecule has 0 spiro atoms. The summed E-state index contributed by atoms with van der Waals surface area (Å²) in [6.45, 7) is 8.48. The summed E-state index contributed by atoms with van der Waals surface area (Å²) in [5, 5.41) is 2.78. The Morgan fingerprint density at radius 3 is 2.34 bits per heavy atom. The lowest BCUT2D eigenvalue weighted by Gasteiger charge is -2.12. The number of rotatable bonds is 8. The Morgan fingerprint density at radius 2 is 1.69 bits per heavy atom. The molecule has 0 bridgehead atoms. The van der Waals surface area contributed by atoms with Crippen LogP contribution in [0.5, 0.6) is 5.75 Å². The third-order valence-corrected chi connectivity index (χ3v) is 6.11. The molecule has 7 heteroatoms. The zero-order chi connectivity index (χ0) is 23.3. The van der Waals surface area contributed by atoms with Gasteiger partial charge in [0.2, 0.25) is 0 Å². The predicted molar refractivity (Wildman–Crippen MR) is 128 cm³/mol. The van der Waals surface area contributed by atoms with Crippen molar-refractivity contribution in [2.75, 3.05) is 16.6 Å². The molecule has 1 amide bonds. The van der Waals surface area contributed by atoms with Gasteiger partial charge < -0.3 is 10.1 Å². The van der Waals surface area contributed by atoms with E-state index in [2.05, 4.69) is 23.9 Å². The number of sulfonamides is 1. The number of carbonyl (C=O) groups is 1. The van der Waals surface area contributed by atoms with E-state index < -0.39 is 10.0 Å². The number of hydrogen-bond donors (Lipinski definition) is 2. The van der Waals surface area contributed by atoms with Gasteiger partial charge in [0.25, 0.3) is 15.9 Å². The van der Waals surface area contributed by atoms with Crippen LogP contribution in [0.3, 0.4) is 0 Å². The minimum absolute atomic E-state index is 0.111. The first kappa shape index (κ1) is 23.3. The van der Waals surface area contributed by atoms with Gasteiger partial charge in [0, 0.05) is 11.3 Å². The third-order valence-electron chi connectivity index (χ3n) is 4.73. The van der Waals surface area contributed by atoms with Crippen molar-refractivity contribution in [3.05, 3.63) is 83.4 Å². The number of ether oxygens (including phenoxy) is 1. The van der Waals surface area contributed by atoms with Crippen molar-refractivity contribution in [3.63, 3.8) is 0 Å². The number of aryl methyl sites for hydroxylation is 2. The molecule has 0 fully saturated rings. The van der Waals surface area contributed by atoms with Crippen molar-refractivity contribution >= 4 is 27.3 Å². The normalized spacial score (nSPS) is 11.3. The Morgan fingerprint density at radius 1 is 0.969 bits per heavy atom. The molecule has 3 aromatic carbocycles. The maximum Gasteiger partial charge on any atom is 0.261 e. The van der Waals surface area contributed by atoms with E-state index in [1.54, 1.807) is 36.4 Å². The monoisotopic (exact) mass is 452 g/mol. The van der Waals surface area contributed by atoms with E-state index in [-0.39, 0.29) is 10.8 Å². The topological polar surface area (TPSA) is 84.5 Å². The van der Waals surface area contributed by atoms with Gasteiger partial charge in [-0.1, -0.05) is 37.6 Å². The minimum atomic E-state index is -3.74. The second-order valence-electron chi connectivity index (χ2n) is 8.14. The Labute approximate surface area is 189 Å². The molecule has 2 N–H and O–H groups in total. The molecule has 168 valence electrons. The Kier molecular flexibility index (Phi) is 7.20. The lowest BCUT2D eigenvalue weighted by Crippen LogP contribution is -2.15. The molecular weight excluding hydrogens is 424 g/mol.